The molecule has 3 nitrogen and oxygen atoms in total. The maximum Gasteiger partial charge on any atom is 0.0223 e. The highest BCUT2D eigenvalue weighted by atomic mass is 15.3. The lowest BCUT2D eigenvalue weighted by Crippen LogP contribution is -2.39. The fourth-order valence-corrected chi connectivity index (χ4v) is 3.89. The highest BCUT2D eigenvalue weighted by Crippen LogP contribution is 2.23. The molecule has 3 fully saturated rings. The molecule has 3 heteroatoms. The van der Waals surface area contributed by atoms with Crippen LogP contribution in [-0.4, -0.2) is 61.7 Å². The molecule has 3 saturated heterocycles. The van der Waals surface area contributed by atoms with Gasteiger partial charge in [0.2, 0.25) is 0 Å². The van der Waals surface area contributed by atoms with Gasteiger partial charge in [0.25, 0.3) is 0 Å². The summed E-state index contributed by atoms with van der Waals surface area (Å²) >= 11 is 0. The van der Waals surface area contributed by atoms with E-state index in [2.05, 4.69) is 22.0 Å². The van der Waals surface area contributed by atoms with Crippen LogP contribution in [0.2, 0.25) is 0 Å². The Balaban J connectivity index is 1.55. The largest absolute Gasteiger partial charge is 0.316 e. The van der Waals surface area contributed by atoms with Crippen LogP contribution in [0.3, 0.4) is 0 Å². The van der Waals surface area contributed by atoms with Gasteiger partial charge in [-0.3, -0.25) is 4.90 Å². The summed E-state index contributed by atoms with van der Waals surface area (Å²) in [6.45, 7) is 11.6. The van der Waals surface area contributed by atoms with Gasteiger partial charge in [0.15, 0.2) is 0 Å². The SMILES string of the molecule is C[C@@H]1CNC[C@H]1CN1CCCN2CCCC2C1. The second kappa shape index (κ2) is 5.25. The third-order valence-electron chi connectivity index (χ3n) is 5.06. The van der Waals surface area contributed by atoms with Crippen molar-refractivity contribution in [2.75, 3.05) is 45.8 Å². The summed E-state index contributed by atoms with van der Waals surface area (Å²) in [5.41, 5.74) is 0. The summed E-state index contributed by atoms with van der Waals surface area (Å²) in [7, 11) is 0. The average molecular weight is 237 g/mol. The highest BCUT2D eigenvalue weighted by molar-refractivity contribution is 4.87. The van der Waals surface area contributed by atoms with Crippen molar-refractivity contribution in [3.05, 3.63) is 0 Å². The van der Waals surface area contributed by atoms with E-state index in [1.807, 2.05) is 0 Å². The molecule has 3 aliphatic rings. The van der Waals surface area contributed by atoms with Crippen molar-refractivity contribution >= 4 is 0 Å². The van der Waals surface area contributed by atoms with Crippen LogP contribution in [-0.2, 0) is 0 Å². The number of nitrogens with one attached hydrogen (secondary N) is 1. The van der Waals surface area contributed by atoms with Gasteiger partial charge in [0.1, 0.15) is 0 Å². The zero-order valence-corrected chi connectivity index (χ0v) is 11.2. The second-order valence-corrected chi connectivity index (χ2v) is 6.34. The van der Waals surface area contributed by atoms with Crippen molar-refractivity contribution in [1.29, 1.82) is 0 Å². The Hall–Kier alpha value is -0.120. The molecular formula is C14H27N3. The zero-order chi connectivity index (χ0) is 11.7. The first-order valence-corrected chi connectivity index (χ1v) is 7.50. The van der Waals surface area contributed by atoms with Crippen LogP contribution in [0.25, 0.3) is 0 Å². The van der Waals surface area contributed by atoms with Gasteiger partial charge < -0.3 is 10.2 Å². The minimum atomic E-state index is 0.873. The predicted octanol–water partition coefficient (Wildman–Crippen LogP) is 1.01. The average Bonchev–Trinajstić information content (AvgIpc) is 2.86. The molecule has 3 atom stereocenters. The molecule has 0 aromatic carbocycles. The van der Waals surface area contributed by atoms with Crippen molar-refractivity contribution in [3.8, 4) is 0 Å². The summed E-state index contributed by atoms with van der Waals surface area (Å²) in [4.78, 5) is 5.49. The molecular weight excluding hydrogens is 210 g/mol. The van der Waals surface area contributed by atoms with Crippen LogP contribution in [0.15, 0.2) is 0 Å². The normalized spacial score (nSPS) is 40.4. The van der Waals surface area contributed by atoms with E-state index < -0.39 is 0 Å². The van der Waals surface area contributed by atoms with Gasteiger partial charge in [-0.15, -0.1) is 0 Å². The molecule has 98 valence electrons. The Morgan fingerprint density at radius 1 is 1.12 bits per heavy atom. The smallest absolute Gasteiger partial charge is 0.0223 e. The Bertz CT molecular complexity index is 256. The molecule has 0 saturated carbocycles. The number of fused-ring (bicyclic) bond motifs is 1. The van der Waals surface area contributed by atoms with Gasteiger partial charge in [0.05, 0.1) is 0 Å². The number of hydrogen-bond acceptors (Lipinski definition) is 3. The highest BCUT2D eigenvalue weighted by Gasteiger charge is 2.31. The molecule has 3 aliphatic heterocycles. The van der Waals surface area contributed by atoms with E-state index in [-0.39, 0.29) is 0 Å². The van der Waals surface area contributed by atoms with Crippen molar-refractivity contribution < 1.29 is 0 Å². The van der Waals surface area contributed by atoms with E-state index in [1.165, 1.54) is 65.1 Å². The minimum absolute atomic E-state index is 0.873. The molecule has 0 amide bonds. The van der Waals surface area contributed by atoms with Gasteiger partial charge in [-0.2, -0.15) is 0 Å². The Kier molecular flexibility index (Phi) is 3.69. The molecule has 1 unspecified atom stereocenters. The molecule has 0 bridgehead atoms. The van der Waals surface area contributed by atoms with E-state index in [0.29, 0.717) is 0 Å². The lowest BCUT2D eigenvalue weighted by Gasteiger charge is -2.28. The summed E-state index contributed by atoms with van der Waals surface area (Å²) < 4.78 is 0. The first kappa shape index (κ1) is 11.9. The third-order valence-corrected chi connectivity index (χ3v) is 5.06. The number of hydrogen-bond donors (Lipinski definition) is 1. The molecule has 3 rings (SSSR count). The van der Waals surface area contributed by atoms with Crippen LogP contribution in [0.5, 0.6) is 0 Å². The van der Waals surface area contributed by atoms with Gasteiger partial charge in [0, 0.05) is 19.1 Å². The number of rotatable bonds is 2. The zero-order valence-electron chi connectivity index (χ0n) is 11.2. The molecule has 0 spiro atoms. The fourth-order valence-electron chi connectivity index (χ4n) is 3.89. The van der Waals surface area contributed by atoms with E-state index in [9.17, 15) is 0 Å². The molecule has 0 aliphatic carbocycles. The maximum absolute atomic E-state index is 3.54. The van der Waals surface area contributed by atoms with Crippen molar-refractivity contribution in [1.82, 2.24) is 15.1 Å². The summed E-state index contributed by atoms with van der Waals surface area (Å²) in [6, 6.07) is 0.877. The van der Waals surface area contributed by atoms with Gasteiger partial charge in [-0.25, -0.2) is 0 Å². The van der Waals surface area contributed by atoms with Crippen LogP contribution >= 0.6 is 0 Å². The third kappa shape index (κ3) is 2.67. The lowest BCUT2D eigenvalue weighted by atomic mass is 9.97. The molecule has 0 radical (unpaired) electrons. The van der Waals surface area contributed by atoms with Crippen molar-refractivity contribution in [2.24, 2.45) is 11.8 Å². The minimum Gasteiger partial charge on any atom is -0.316 e. The van der Waals surface area contributed by atoms with Gasteiger partial charge in [-0.05, 0) is 63.8 Å². The Morgan fingerprint density at radius 3 is 2.82 bits per heavy atom. The van der Waals surface area contributed by atoms with E-state index in [1.54, 1.807) is 0 Å². The van der Waals surface area contributed by atoms with E-state index in [4.69, 9.17) is 0 Å². The van der Waals surface area contributed by atoms with Gasteiger partial charge in [-0.1, -0.05) is 6.92 Å². The molecule has 1 N–H and O–H groups in total. The van der Waals surface area contributed by atoms with Crippen LogP contribution in [0.1, 0.15) is 26.2 Å². The monoisotopic (exact) mass is 237 g/mol. The maximum atomic E-state index is 3.54. The topological polar surface area (TPSA) is 18.5 Å². The molecule has 0 aromatic rings. The number of nitrogens with zero attached hydrogens (tertiary/aromatic N) is 2. The first-order valence-electron chi connectivity index (χ1n) is 7.50. The van der Waals surface area contributed by atoms with E-state index in [0.717, 1.165) is 17.9 Å². The van der Waals surface area contributed by atoms with Crippen LogP contribution in [0, 0.1) is 11.8 Å². The fraction of sp³-hybridized carbons (Fsp3) is 1.00. The Labute approximate surface area is 106 Å². The van der Waals surface area contributed by atoms with Crippen LogP contribution < -0.4 is 5.32 Å². The summed E-state index contributed by atoms with van der Waals surface area (Å²) in [5, 5.41) is 3.54. The standard InChI is InChI=1S/C14H27N3/c1-12-8-15-9-13(12)10-16-5-3-7-17-6-2-4-14(17)11-16/h12-15H,2-11H2,1H3/t12-,13+,14?/m1/s1. The predicted molar refractivity (Wildman–Crippen MR) is 71.2 cm³/mol. The molecule has 17 heavy (non-hydrogen) atoms. The molecule has 0 aromatic heterocycles. The van der Waals surface area contributed by atoms with Gasteiger partial charge >= 0.3 is 0 Å². The lowest BCUT2D eigenvalue weighted by molar-refractivity contribution is 0.191. The first-order chi connectivity index (χ1) is 8.33. The van der Waals surface area contributed by atoms with Crippen molar-refractivity contribution in [3.63, 3.8) is 0 Å². The van der Waals surface area contributed by atoms with E-state index >= 15 is 0 Å². The Morgan fingerprint density at radius 2 is 2.00 bits per heavy atom. The second-order valence-electron chi connectivity index (χ2n) is 6.34. The molecule has 3 heterocycles. The van der Waals surface area contributed by atoms with Crippen molar-refractivity contribution in [2.45, 2.75) is 32.2 Å². The summed E-state index contributed by atoms with van der Waals surface area (Å²) in [6.07, 6.45) is 4.25. The van der Waals surface area contributed by atoms with Crippen LogP contribution in [0.4, 0.5) is 0 Å². The summed E-state index contributed by atoms with van der Waals surface area (Å²) in [5.74, 6) is 1.76. The quantitative estimate of drug-likeness (QED) is 0.773.